The molecule has 2 amide bonds. The molecule has 0 aromatic carbocycles. The highest BCUT2D eigenvalue weighted by Gasteiger charge is 2.43. The number of carbonyl (C=O) groups excluding carboxylic acids is 2. The van der Waals surface area contributed by atoms with Crippen molar-refractivity contribution in [3.8, 4) is 0 Å². The van der Waals surface area contributed by atoms with Gasteiger partial charge in [0, 0.05) is 38.7 Å². The van der Waals surface area contributed by atoms with Crippen molar-refractivity contribution in [3.05, 3.63) is 30.1 Å². The maximum atomic E-state index is 12.7. The minimum atomic E-state index is -0.447. The van der Waals surface area contributed by atoms with Crippen LogP contribution in [0.5, 0.6) is 0 Å². The fourth-order valence-corrected chi connectivity index (χ4v) is 4.51. The smallest absolute Gasteiger partial charge is 0.266 e. The third-order valence-corrected chi connectivity index (χ3v) is 6.38. The zero-order chi connectivity index (χ0) is 19.6. The summed E-state index contributed by atoms with van der Waals surface area (Å²) in [4.78, 5) is 38.8. The van der Waals surface area contributed by atoms with Crippen LogP contribution in [0.3, 0.4) is 0 Å². The monoisotopic (exact) mass is 384 g/mol. The Morgan fingerprint density at radius 1 is 1.29 bits per heavy atom. The summed E-state index contributed by atoms with van der Waals surface area (Å²) in [6.07, 6.45) is 6.12. The van der Waals surface area contributed by atoms with E-state index in [4.69, 9.17) is 4.84 Å². The molecule has 0 aliphatic carbocycles. The molecule has 4 rings (SSSR count). The molecule has 0 saturated carbocycles. The minimum absolute atomic E-state index is 0.0549. The van der Waals surface area contributed by atoms with Crippen molar-refractivity contribution >= 4 is 17.5 Å². The Labute approximate surface area is 165 Å². The molecule has 2 fully saturated rings. The van der Waals surface area contributed by atoms with Gasteiger partial charge in [-0.2, -0.15) is 0 Å². The molecule has 3 aliphatic rings. The molecule has 0 N–H and O–H groups in total. The van der Waals surface area contributed by atoms with E-state index in [0.717, 1.165) is 56.7 Å². The van der Waals surface area contributed by atoms with Gasteiger partial charge in [0.25, 0.3) is 5.91 Å². The van der Waals surface area contributed by atoms with E-state index in [9.17, 15) is 9.59 Å². The van der Waals surface area contributed by atoms with Gasteiger partial charge in [-0.25, -0.2) is 0 Å². The van der Waals surface area contributed by atoms with Gasteiger partial charge in [0.1, 0.15) is 0 Å². The molecular weight excluding hydrogens is 356 g/mol. The average Bonchev–Trinajstić information content (AvgIpc) is 3.21. The van der Waals surface area contributed by atoms with Gasteiger partial charge in [-0.1, -0.05) is 18.1 Å². The van der Waals surface area contributed by atoms with Gasteiger partial charge in [-0.15, -0.1) is 0 Å². The molecule has 150 valence electrons. The van der Waals surface area contributed by atoms with E-state index in [1.165, 1.54) is 0 Å². The topological polar surface area (TPSA) is 75.1 Å². The second kappa shape index (κ2) is 7.89. The van der Waals surface area contributed by atoms with E-state index in [1.54, 1.807) is 6.20 Å². The summed E-state index contributed by atoms with van der Waals surface area (Å²) in [6.45, 7) is 4.81. The van der Waals surface area contributed by atoms with Gasteiger partial charge in [0.2, 0.25) is 12.0 Å². The first kappa shape index (κ1) is 18.9. The first-order valence-corrected chi connectivity index (χ1v) is 10.3. The number of piperidine rings is 2. The molecule has 1 aromatic heterocycles. The number of pyridine rings is 1. The molecular formula is C21H28N4O3. The quantitative estimate of drug-likeness (QED) is 0.799. The van der Waals surface area contributed by atoms with Gasteiger partial charge in [0.15, 0.2) is 0 Å². The lowest BCUT2D eigenvalue weighted by molar-refractivity contribution is -0.148. The van der Waals surface area contributed by atoms with Crippen LogP contribution in [0, 0.1) is 5.41 Å². The first-order valence-electron chi connectivity index (χ1n) is 10.3. The van der Waals surface area contributed by atoms with E-state index in [2.05, 4.69) is 10.1 Å². The summed E-state index contributed by atoms with van der Waals surface area (Å²) in [7, 11) is 0. The lowest BCUT2D eigenvalue weighted by atomic mass is 9.72. The molecule has 3 aliphatic heterocycles. The van der Waals surface area contributed by atoms with Crippen molar-refractivity contribution in [2.24, 2.45) is 10.6 Å². The van der Waals surface area contributed by atoms with Crippen molar-refractivity contribution in [1.82, 2.24) is 14.8 Å². The van der Waals surface area contributed by atoms with Crippen molar-refractivity contribution in [2.45, 2.75) is 58.1 Å². The van der Waals surface area contributed by atoms with Gasteiger partial charge in [-0.05, 0) is 43.2 Å². The predicted molar refractivity (Wildman–Crippen MR) is 104 cm³/mol. The fraction of sp³-hybridized carbons (Fsp3) is 0.619. The summed E-state index contributed by atoms with van der Waals surface area (Å²) in [5.74, 6) is 0.262. The zero-order valence-corrected chi connectivity index (χ0v) is 16.5. The average molecular weight is 384 g/mol. The third-order valence-electron chi connectivity index (χ3n) is 6.38. The van der Waals surface area contributed by atoms with Crippen molar-refractivity contribution < 1.29 is 14.4 Å². The lowest BCUT2D eigenvalue weighted by Crippen LogP contribution is -2.53. The molecule has 1 spiro atoms. The summed E-state index contributed by atoms with van der Waals surface area (Å²) >= 11 is 0. The van der Waals surface area contributed by atoms with Crippen LogP contribution in [0.2, 0.25) is 0 Å². The Hall–Kier alpha value is -2.44. The molecule has 7 heteroatoms. The van der Waals surface area contributed by atoms with Crippen LogP contribution in [0.25, 0.3) is 0 Å². The second-order valence-corrected chi connectivity index (χ2v) is 8.21. The van der Waals surface area contributed by atoms with E-state index in [0.29, 0.717) is 19.4 Å². The van der Waals surface area contributed by atoms with Crippen molar-refractivity contribution in [2.75, 3.05) is 19.6 Å². The van der Waals surface area contributed by atoms with Crippen molar-refractivity contribution in [3.63, 3.8) is 0 Å². The molecule has 0 radical (unpaired) electrons. The van der Waals surface area contributed by atoms with Crippen LogP contribution in [0.4, 0.5) is 0 Å². The van der Waals surface area contributed by atoms with Crippen LogP contribution in [-0.4, -0.2) is 58.0 Å². The Morgan fingerprint density at radius 2 is 2.11 bits per heavy atom. The zero-order valence-electron chi connectivity index (χ0n) is 16.5. The summed E-state index contributed by atoms with van der Waals surface area (Å²) in [5.41, 5.74) is 1.99. The van der Waals surface area contributed by atoms with E-state index in [1.807, 2.05) is 34.9 Å². The highest BCUT2D eigenvalue weighted by atomic mass is 16.6. The van der Waals surface area contributed by atoms with Crippen LogP contribution >= 0.6 is 0 Å². The van der Waals surface area contributed by atoms with Crippen molar-refractivity contribution in [1.29, 1.82) is 0 Å². The van der Waals surface area contributed by atoms with Crippen LogP contribution in [0.15, 0.2) is 29.6 Å². The molecule has 0 bridgehead atoms. The van der Waals surface area contributed by atoms with E-state index in [-0.39, 0.29) is 17.2 Å². The Kier molecular flexibility index (Phi) is 5.33. The normalized spacial score (nSPS) is 24.2. The standard InChI is InChI=1S/C21H28N4O3/c1-2-16-13-18(28-23-16)20(27)24-11-8-21(9-12-24)7-6-19(26)25(15-21)14-17-5-3-4-10-22-17/h3-5,10,18H,2,6-9,11-15H2,1H3. The summed E-state index contributed by atoms with van der Waals surface area (Å²) in [5, 5.41) is 4.01. The molecule has 28 heavy (non-hydrogen) atoms. The largest absolute Gasteiger partial charge is 0.382 e. The molecule has 4 heterocycles. The third kappa shape index (κ3) is 3.88. The Bertz CT molecular complexity index is 756. The molecule has 2 saturated heterocycles. The number of hydrogen-bond donors (Lipinski definition) is 0. The maximum Gasteiger partial charge on any atom is 0.266 e. The van der Waals surface area contributed by atoms with Crippen LogP contribution < -0.4 is 0 Å². The number of amides is 2. The number of aromatic nitrogens is 1. The maximum absolute atomic E-state index is 12.7. The SMILES string of the molecule is CCC1=NOC(C(=O)N2CCC3(CCC(=O)N(Cc4ccccn4)C3)CC2)C1. The highest BCUT2D eigenvalue weighted by molar-refractivity contribution is 5.92. The number of carbonyl (C=O) groups is 2. The first-order chi connectivity index (χ1) is 13.6. The predicted octanol–water partition coefficient (Wildman–Crippen LogP) is 2.37. The van der Waals surface area contributed by atoms with Crippen LogP contribution in [0.1, 0.15) is 51.1 Å². The Balaban J connectivity index is 1.34. The number of hydrogen-bond acceptors (Lipinski definition) is 5. The van der Waals surface area contributed by atoms with Gasteiger partial charge in [-0.3, -0.25) is 14.6 Å². The summed E-state index contributed by atoms with van der Waals surface area (Å²) < 4.78 is 0. The van der Waals surface area contributed by atoms with Gasteiger partial charge < -0.3 is 14.6 Å². The van der Waals surface area contributed by atoms with E-state index >= 15 is 0 Å². The fourth-order valence-electron chi connectivity index (χ4n) is 4.51. The number of nitrogens with zero attached hydrogens (tertiary/aromatic N) is 4. The molecule has 1 atom stereocenters. The molecule has 1 unspecified atom stereocenters. The molecule has 1 aromatic rings. The number of likely N-dealkylation sites (tertiary alicyclic amines) is 2. The number of rotatable bonds is 4. The minimum Gasteiger partial charge on any atom is -0.382 e. The second-order valence-electron chi connectivity index (χ2n) is 8.21. The Morgan fingerprint density at radius 3 is 2.79 bits per heavy atom. The summed E-state index contributed by atoms with van der Waals surface area (Å²) in [6, 6.07) is 5.80. The van der Waals surface area contributed by atoms with Gasteiger partial charge in [0.05, 0.1) is 18.0 Å². The van der Waals surface area contributed by atoms with Crippen LogP contribution in [-0.2, 0) is 21.0 Å². The van der Waals surface area contributed by atoms with E-state index < -0.39 is 6.10 Å². The lowest BCUT2D eigenvalue weighted by Gasteiger charge is -2.47. The number of oxime groups is 1. The van der Waals surface area contributed by atoms with Gasteiger partial charge >= 0.3 is 0 Å². The highest BCUT2D eigenvalue weighted by Crippen LogP contribution is 2.40. The molecule has 7 nitrogen and oxygen atoms in total.